The molecule has 2 unspecified atom stereocenters. The van der Waals surface area contributed by atoms with Gasteiger partial charge in [0.2, 0.25) is 15.9 Å². The second-order valence-electron chi connectivity index (χ2n) is 10.0. The summed E-state index contributed by atoms with van der Waals surface area (Å²) in [7, 11) is -2.65. The molecule has 6 N–H and O–H groups in total. The van der Waals surface area contributed by atoms with E-state index in [1.165, 1.54) is 24.1 Å². The maximum absolute atomic E-state index is 13.8. The molecule has 41 heavy (non-hydrogen) atoms. The molecule has 3 aromatic rings. The van der Waals surface area contributed by atoms with Crippen LogP contribution in [0.15, 0.2) is 76.6 Å². The van der Waals surface area contributed by atoms with Crippen molar-refractivity contribution >= 4 is 38.6 Å². The van der Waals surface area contributed by atoms with Crippen molar-refractivity contribution in [3.8, 4) is 5.75 Å². The average molecular weight is 582 g/mol. The van der Waals surface area contributed by atoms with Crippen LogP contribution in [-0.4, -0.2) is 68.5 Å². The number of rotatable bonds is 11. The largest absolute Gasteiger partial charge is 0.497 e. The number of ether oxygens (including phenoxy) is 1. The van der Waals surface area contributed by atoms with E-state index in [2.05, 4.69) is 9.71 Å². The SMILES string of the molecule is COc1ccc2ccc(S(=O)(=O)N[C@@H](CCCN=C(N)N)C(=O)N3CCC(c4ccccc4)CC3C(=O)O)cc2c1. The van der Waals surface area contributed by atoms with Crippen molar-refractivity contribution in [3.05, 3.63) is 72.3 Å². The molecular weight excluding hydrogens is 546 g/mol. The van der Waals surface area contributed by atoms with Gasteiger partial charge in [0.25, 0.3) is 0 Å². The molecule has 4 rings (SSSR count). The van der Waals surface area contributed by atoms with Gasteiger partial charge in [0.05, 0.1) is 12.0 Å². The highest BCUT2D eigenvalue weighted by molar-refractivity contribution is 7.89. The van der Waals surface area contributed by atoms with Gasteiger partial charge in [0.1, 0.15) is 17.8 Å². The highest BCUT2D eigenvalue weighted by atomic mass is 32.2. The number of likely N-dealkylation sites (tertiary alicyclic amines) is 1. The Morgan fingerprint density at radius 2 is 1.83 bits per heavy atom. The van der Waals surface area contributed by atoms with Crippen LogP contribution in [0.2, 0.25) is 0 Å². The average Bonchev–Trinajstić information content (AvgIpc) is 2.97. The van der Waals surface area contributed by atoms with Crippen molar-refractivity contribution in [2.45, 2.75) is 48.6 Å². The highest BCUT2D eigenvalue weighted by Crippen LogP contribution is 2.32. The van der Waals surface area contributed by atoms with E-state index < -0.39 is 34.0 Å². The molecule has 1 heterocycles. The number of benzene rings is 3. The molecule has 1 fully saturated rings. The molecule has 11 nitrogen and oxygen atoms in total. The van der Waals surface area contributed by atoms with Crippen LogP contribution in [0.4, 0.5) is 0 Å². The first-order chi connectivity index (χ1) is 19.6. The molecule has 0 saturated carbocycles. The van der Waals surface area contributed by atoms with E-state index in [9.17, 15) is 23.1 Å². The Hall–Kier alpha value is -4.16. The lowest BCUT2D eigenvalue weighted by atomic mass is 9.85. The molecule has 0 spiro atoms. The van der Waals surface area contributed by atoms with Crippen LogP contribution >= 0.6 is 0 Å². The number of hydrogen-bond acceptors (Lipinski definition) is 6. The molecule has 1 saturated heterocycles. The monoisotopic (exact) mass is 581 g/mol. The first-order valence-corrected chi connectivity index (χ1v) is 14.8. The van der Waals surface area contributed by atoms with E-state index in [-0.39, 0.29) is 42.7 Å². The molecule has 3 aromatic carbocycles. The summed E-state index contributed by atoms with van der Waals surface area (Å²) in [6.45, 7) is 0.360. The number of nitrogens with one attached hydrogen (secondary N) is 1. The molecule has 0 aromatic heterocycles. The number of amides is 1. The van der Waals surface area contributed by atoms with Gasteiger partial charge in [-0.05, 0) is 72.2 Å². The predicted octanol–water partition coefficient (Wildman–Crippen LogP) is 2.41. The Kier molecular flexibility index (Phi) is 9.46. The van der Waals surface area contributed by atoms with Gasteiger partial charge in [-0.15, -0.1) is 0 Å². The third-order valence-corrected chi connectivity index (χ3v) is 8.78. The van der Waals surface area contributed by atoms with Gasteiger partial charge in [-0.3, -0.25) is 9.79 Å². The number of aliphatic carboxylic acids is 1. The van der Waals surface area contributed by atoms with E-state index in [0.717, 1.165) is 10.9 Å². The molecule has 0 aliphatic carbocycles. The fourth-order valence-corrected chi connectivity index (χ4v) is 6.44. The van der Waals surface area contributed by atoms with Crippen LogP contribution in [-0.2, 0) is 19.6 Å². The molecule has 1 amide bonds. The number of carbonyl (C=O) groups is 2. The van der Waals surface area contributed by atoms with Crippen LogP contribution in [0, 0.1) is 0 Å². The topological polar surface area (TPSA) is 177 Å². The maximum Gasteiger partial charge on any atom is 0.326 e. The van der Waals surface area contributed by atoms with Crippen molar-refractivity contribution < 1.29 is 27.9 Å². The van der Waals surface area contributed by atoms with Crippen LogP contribution in [0.25, 0.3) is 10.8 Å². The summed E-state index contributed by atoms with van der Waals surface area (Å²) in [5, 5.41) is 11.5. The lowest BCUT2D eigenvalue weighted by Gasteiger charge is -2.39. The van der Waals surface area contributed by atoms with Crippen molar-refractivity contribution in [2.24, 2.45) is 16.5 Å². The van der Waals surface area contributed by atoms with Gasteiger partial charge in [0, 0.05) is 13.1 Å². The number of carboxylic acids is 1. The predicted molar refractivity (Wildman–Crippen MR) is 156 cm³/mol. The summed E-state index contributed by atoms with van der Waals surface area (Å²) in [6.07, 6.45) is 1.15. The van der Waals surface area contributed by atoms with Crippen molar-refractivity contribution in [1.82, 2.24) is 9.62 Å². The molecule has 3 atom stereocenters. The van der Waals surface area contributed by atoms with E-state index in [1.807, 2.05) is 36.4 Å². The number of sulfonamides is 1. The third kappa shape index (κ3) is 7.33. The summed E-state index contributed by atoms with van der Waals surface area (Å²) in [6, 6.07) is 17.2. The van der Waals surface area contributed by atoms with Crippen molar-refractivity contribution in [1.29, 1.82) is 0 Å². The first kappa shape index (κ1) is 29.8. The van der Waals surface area contributed by atoms with E-state index in [4.69, 9.17) is 16.2 Å². The summed E-state index contributed by atoms with van der Waals surface area (Å²) in [5.41, 5.74) is 11.8. The number of hydrogen-bond donors (Lipinski definition) is 4. The van der Waals surface area contributed by atoms with E-state index in [1.54, 1.807) is 18.2 Å². The van der Waals surface area contributed by atoms with E-state index in [0.29, 0.717) is 24.0 Å². The number of methoxy groups -OCH3 is 1. The van der Waals surface area contributed by atoms with Crippen molar-refractivity contribution in [3.63, 3.8) is 0 Å². The number of fused-ring (bicyclic) bond motifs is 1. The second-order valence-corrected chi connectivity index (χ2v) is 11.7. The number of guanidine groups is 1. The van der Waals surface area contributed by atoms with Gasteiger partial charge in [-0.2, -0.15) is 4.72 Å². The zero-order valence-corrected chi connectivity index (χ0v) is 23.6. The van der Waals surface area contributed by atoms with Gasteiger partial charge in [0.15, 0.2) is 5.96 Å². The molecule has 0 bridgehead atoms. The number of piperidine rings is 1. The summed E-state index contributed by atoms with van der Waals surface area (Å²) < 4.78 is 34.8. The van der Waals surface area contributed by atoms with E-state index >= 15 is 0 Å². The standard InChI is InChI=1S/C29H35N5O6S/c1-40-23-11-9-20-10-12-24(17-22(20)16-23)41(38,39)33-25(8-5-14-32-29(30)31)27(35)34-15-13-21(18-26(34)28(36)37)19-6-3-2-4-7-19/h2-4,6-7,9-12,16-17,21,25-26,33H,5,8,13-15,18H2,1H3,(H,36,37)(H4,30,31,32)/t21?,25-,26?/m0/s1. The minimum atomic E-state index is -4.17. The Bertz CT molecular complexity index is 1530. The number of carboxylic acid groups (broad SMARTS) is 1. The normalized spacial score (nSPS) is 18.0. The molecule has 12 heteroatoms. The molecular formula is C29H35N5O6S. The first-order valence-electron chi connectivity index (χ1n) is 13.3. The zero-order valence-electron chi connectivity index (χ0n) is 22.8. The van der Waals surface area contributed by atoms with Gasteiger partial charge in [-0.1, -0.05) is 42.5 Å². The summed E-state index contributed by atoms with van der Waals surface area (Å²) in [4.78, 5) is 31.3. The smallest absolute Gasteiger partial charge is 0.326 e. The minimum absolute atomic E-state index is 0.0298. The summed E-state index contributed by atoms with van der Waals surface area (Å²) in [5.74, 6) is -1.31. The van der Waals surface area contributed by atoms with Crippen LogP contribution in [0.3, 0.4) is 0 Å². The molecule has 1 aliphatic rings. The van der Waals surface area contributed by atoms with Gasteiger partial charge < -0.3 is 26.2 Å². The molecule has 0 radical (unpaired) electrons. The van der Waals surface area contributed by atoms with Crippen LogP contribution < -0.4 is 20.9 Å². The quantitative estimate of drug-likeness (QED) is 0.151. The maximum atomic E-state index is 13.8. The fraction of sp³-hybridized carbons (Fsp3) is 0.345. The van der Waals surface area contributed by atoms with Crippen molar-refractivity contribution in [2.75, 3.05) is 20.2 Å². The number of nitrogens with zero attached hydrogens (tertiary/aromatic N) is 2. The number of aliphatic imine (C=N–C) groups is 1. The second kappa shape index (κ2) is 13.0. The zero-order chi connectivity index (χ0) is 29.6. The van der Waals surface area contributed by atoms with Crippen LogP contribution in [0.5, 0.6) is 5.75 Å². The van der Waals surface area contributed by atoms with Crippen LogP contribution in [0.1, 0.15) is 37.2 Å². The number of nitrogens with two attached hydrogens (primary N) is 2. The number of carbonyl (C=O) groups excluding carboxylic acids is 1. The molecule has 218 valence electrons. The Morgan fingerprint density at radius 1 is 1.10 bits per heavy atom. The molecule has 1 aliphatic heterocycles. The highest BCUT2D eigenvalue weighted by Gasteiger charge is 2.40. The van der Waals surface area contributed by atoms with Gasteiger partial charge >= 0.3 is 5.97 Å². The fourth-order valence-electron chi connectivity index (χ4n) is 5.18. The Morgan fingerprint density at radius 3 is 2.51 bits per heavy atom. The minimum Gasteiger partial charge on any atom is -0.497 e. The summed E-state index contributed by atoms with van der Waals surface area (Å²) >= 11 is 0. The Labute approximate surface area is 239 Å². The Balaban J connectivity index is 1.59. The lowest BCUT2D eigenvalue weighted by Crippen LogP contribution is -2.56. The van der Waals surface area contributed by atoms with Gasteiger partial charge in [-0.25, -0.2) is 13.2 Å². The third-order valence-electron chi connectivity index (χ3n) is 7.31. The lowest BCUT2D eigenvalue weighted by molar-refractivity contribution is -0.153.